The number of piperidine rings is 1. The molecule has 0 N–H and O–H groups in total. The van der Waals surface area contributed by atoms with Crippen molar-refractivity contribution in [3.63, 3.8) is 0 Å². The van der Waals surface area contributed by atoms with E-state index in [0.717, 1.165) is 61.2 Å². The number of nitriles is 1. The van der Waals surface area contributed by atoms with Crippen LogP contribution in [0.2, 0.25) is 0 Å². The number of likely N-dealkylation sites (tertiary alicyclic amines) is 1. The molecule has 1 aliphatic carbocycles. The van der Waals surface area contributed by atoms with E-state index in [1.54, 1.807) is 14.2 Å². The minimum absolute atomic E-state index is 0.0922. The summed E-state index contributed by atoms with van der Waals surface area (Å²) in [6.07, 6.45) is 7.68. The Morgan fingerprint density at radius 2 is 1.83 bits per heavy atom. The Hall–Kier alpha value is -2.84. The molecule has 5 heteroatoms. The van der Waals surface area contributed by atoms with Crippen LogP contribution < -0.4 is 9.47 Å². The van der Waals surface area contributed by atoms with Gasteiger partial charge in [0.25, 0.3) is 0 Å². The minimum Gasteiger partial charge on any atom is -0.493 e. The smallest absolute Gasteiger partial charge is 0.166 e. The van der Waals surface area contributed by atoms with Gasteiger partial charge in [0.15, 0.2) is 17.3 Å². The van der Waals surface area contributed by atoms with Gasteiger partial charge >= 0.3 is 0 Å². The zero-order valence-electron chi connectivity index (χ0n) is 22.3. The van der Waals surface area contributed by atoms with Gasteiger partial charge in [-0.15, -0.1) is 0 Å². The highest BCUT2D eigenvalue weighted by atomic mass is 16.5. The van der Waals surface area contributed by atoms with E-state index in [1.807, 2.05) is 25.1 Å². The molecular formula is C31H40N2O3. The molecule has 1 fully saturated rings. The number of ether oxygens (including phenoxy) is 2. The fourth-order valence-electron chi connectivity index (χ4n) is 6.17. The summed E-state index contributed by atoms with van der Waals surface area (Å²) >= 11 is 0. The Labute approximate surface area is 216 Å². The molecular weight excluding hydrogens is 448 g/mol. The quantitative estimate of drug-likeness (QED) is 0.392. The van der Waals surface area contributed by atoms with E-state index in [2.05, 4.69) is 30.0 Å². The van der Waals surface area contributed by atoms with E-state index in [1.165, 1.54) is 31.2 Å². The fraction of sp³-hybridized carbons (Fsp3) is 0.548. The lowest BCUT2D eigenvalue weighted by Crippen LogP contribution is -2.35. The van der Waals surface area contributed by atoms with E-state index in [4.69, 9.17) is 9.47 Å². The molecule has 1 heterocycles. The number of carbonyl (C=O) groups excluding carboxylic acids is 1. The Balaban J connectivity index is 1.23. The number of fused-ring (bicyclic) bond motifs is 1. The third-order valence-electron chi connectivity index (χ3n) is 8.40. The number of hydrogen-bond donors (Lipinski definition) is 0. The number of methoxy groups -OCH3 is 2. The molecule has 2 atom stereocenters. The first-order chi connectivity index (χ1) is 17.5. The lowest BCUT2D eigenvalue weighted by molar-refractivity contribution is 0.0896. The van der Waals surface area contributed by atoms with Crippen molar-refractivity contribution in [1.82, 2.24) is 4.90 Å². The highest BCUT2D eigenvalue weighted by Crippen LogP contribution is 2.39. The van der Waals surface area contributed by atoms with Gasteiger partial charge < -0.3 is 14.4 Å². The SMILES string of the molecule is CCC(CCCN1CCC(CC2Cc3cc(OC)c(OC)cc3C2=O)CC1)c1ccc(C#N)c(C)c1. The largest absolute Gasteiger partial charge is 0.493 e. The first kappa shape index (κ1) is 26.2. The lowest BCUT2D eigenvalue weighted by atomic mass is 9.85. The molecule has 0 amide bonds. The molecule has 2 unspecified atom stereocenters. The Morgan fingerprint density at radius 1 is 1.11 bits per heavy atom. The van der Waals surface area contributed by atoms with Crippen LogP contribution in [0.1, 0.15) is 84.0 Å². The number of benzene rings is 2. The van der Waals surface area contributed by atoms with Crippen LogP contribution in [-0.2, 0) is 6.42 Å². The number of aryl methyl sites for hydroxylation is 1. The van der Waals surface area contributed by atoms with Crippen LogP contribution in [0.4, 0.5) is 0 Å². The molecule has 0 spiro atoms. The first-order valence-corrected chi connectivity index (χ1v) is 13.5. The zero-order valence-corrected chi connectivity index (χ0v) is 22.3. The van der Waals surface area contributed by atoms with Crippen LogP contribution in [0.15, 0.2) is 30.3 Å². The summed E-state index contributed by atoms with van der Waals surface area (Å²) in [7, 11) is 3.26. The Morgan fingerprint density at radius 3 is 2.47 bits per heavy atom. The van der Waals surface area contributed by atoms with Crippen molar-refractivity contribution >= 4 is 5.78 Å². The molecule has 2 aliphatic rings. The maximum atomic E-state index is 13.1. The van der Waals surface area contributed by atoms with Gasteiger partial charge in [0.1, 0.15) is 0 Å². The van der Waals surface area contributed by atoms with E-state index in [-0.39, 0.29) is 11.7 Å². The summed E-state index contributed by atoms with van der Waals surface area (Å²) in [6, 6.07) is 12.4. The van der Waals surface area contributed by atoms with Gasteiger partial charge in [-0.3, -0.25) is 4.79 Å². The summed E-state index contributed by atoms with van der Waals surface area (Å²) in [4.78, 5) is 15.7. The van der Waals surface area contributed by atoms with Gasteiger partial charge in [-0.05, 0) is 118 Å². The second kappa shape index (κ2) is 11.9. The van der Waals surface area contributed by atoms with Crippen molar-refractivity contribution < 1.29 is 14.3 Å². The molecule has 2 aromatic rings. The molecule has 0 bridgehead atoms. The van der Waals surface area contributed by atoms with E-state index in [0.29, 0.717) is 23.3 Å². The predicted octanol–water partition coefficient (Wildman–Crippen LogP) is 6.32. The fourth-order valence-corrected chi connectivity index (χ4v) is 6.17. The molecule has 0 saturated carbocycles. The second-order valence-corrected chi connectivity index (χ2v) is 10.6. The summed E-state index contributed by atoms with van der Waals surface area (Å²) in [5, 5.41) is 9.20. The summed E-state index contributed by atoms with van der Waals surface area (Å²) in [6.45, 7) is 7.70. The van der Waals surface area contributed by atoms with Gasteiger partial charge in [0.05, 0.1) is 25.9 Å². The van der Waals surface area contributed by atoms with Gasteiger partial charge in [0.2, 0.25) is 0 Å². The van der Waals surface area contributed by atoms with Crippen molar-refractivity contribution in [2.24, 2.45) is 11.8 Å². The van der Waals surface area contributed by atoms with Gasteiger partial charge in [-0.25, -0.2) is 0 Å². The van der Waals surface area contributed by atoms with Crippen molar-refractivity contribution in [3.8, 4) is 17.6 Å². The monoisotopic (exact) mass is 488 g/mol. The number of ketones is 1. The molecule has 1 aliphatic heterocycles. The first-order valence-electron chi connectivity index (χ1n) is 13.5. The van der Waals surface area contributed by atoms with Crippen LogP contribution in [0.5, 0.6) is 11.5 Å². The van der Waals surface area contributed by atoms with Crippen molar-refractivity contribution in [3.05, 3.63) is 58.1 Å². The number of nitrogens with zero attached hydrogens (tertiary/aromatic N) is 2. The van der Waals surface area contributed by atoms with Gasteiger partial charge in [-0.2, -0.15) is 5.26 Å². The topological polar surface area (TPSA) is 62.6 Å². The zero-order chi connectivity index (χ0) is 25.7. The van der Waals surface area contributed by atoms with Crippen LogP contribution in [-0.4, -0.2) is 44.5 Å². The molecule has 4 rings (SSSR count). The van der Waals surface area contributed by atoms with Gasteiger partial charge in [0, 0.05) is 11.5 Å². The average molecular weight is 489 g/mol. The number of carbonyl (C=O) groups is 1. The second-order valence-electron chi connectivity index (χ2n) is 10.6. The Kier molecular flexibility index (Phi) is 8.69. The predicted molar refractivity (Wildman–Crippen MR) is 143 cm³/mol. The number of Topliss-reactive ketones (excluding diaryl/α,β-unsaturated/α-hetero) is 1. The third kappa shape index (κ3) is 5.76. The van der Waals surface area contributed by atoms with E-state index < -0.39 is 0 Å². The number of hydrogen-bond acceptors (Lipinski definition) is 5. The normalized spacial score (nSPS) is 19.1. The molecule has 5 nitrogen and oxygen atoms in total. The molecule has 192 valence electrons. The van der Waals surface area contributed by atoms with Crippen molar-refractivity contribution in [2.75, 3.05) is 33.9 Å². The maximum Gasteiger partial charge on any atom is 0.166 e. The summed E-state index contributed by atoms with van der Waals surface area (Å²) < 4.78 is 10.8. The van der Waals surface area contributed by atoms with Crippen molar-refractivity contribution in [1.29, 1.82) is 5.26 Å². The highest BCUT2D eigenvalue weighted by Gasteiger charge is 2.34. The molecule has 1 saturated heterocycles. The standard InChI is InChI=1S/C31H40N2O3/c1-5-23(24-8-9-25(20-32)21(2)15-24)7-6-12-33-13-10-22(11-14-33)16-27-17-26-18-29(35-3)30(36-4)19-28(26)31(27)34/h8-9,15,18-19,22-23,27H,5-7,10-14,16-17H2,1-4H3. The van der Waals surface area contributed by atoms with Crippen molar-refractivity contribution in [2.45, 2.75) is 64.7 Å². The third-order valence-corrected chi connectivity index (χ3v) is 8.40. The molecule has 2 aromatic carbocycles. The van der Waals surface area contributed by atoms with E-state index >= 15 is 0 Å². The molecule has 36 heavy (non-hydrogen) atoms. The van der Waals surface area contributed by atoms with E-state index in [9.17, 15) is 10.1 Å². The van der Waals surface area contributed by atoms with Gasteiger partial charge in [-0.1, -0.05) is 19.1 Å². The Bertz CT molecular complexity index is 1110. The lowest BCUT2D eigenvalue weighted by Gasteiger charge is -2.33. The summed E-state index contributed by atoms with van der Waals surface area (Å²) in [5.41, 5.74) is 5.14. The maximum absolute atomic E-state index is 13.1. The summed E-state index contributed by atoms with van der Waals surface area (Å²) in [5.74, 6) is 2.89. The highest BCUT2D eigenvalue weighted by molar-refractivity contribution is 6.02. The average Bonchev–Trinajstić information content (AvgIpc) is 3.20. The van der Waals surface area contributed by atoms with Crippen LogP contribution in [0.3, 0.4) is 0 Å². The molecule has 0 aromatic heterocycles. The van der Waals surface area contributed by atoms with Crippen LogP contribution in [0, 0.1) is 30.1 Å². The van der Waals surface area contributed by atoms with Crippen LogP contribution in [0.25, 0.3) is 0 Å². The van der Waals surface area contributed by atoms with Crippen LogP contribution >= 0.6 is 0 Å². The molecule has 0 radical (unpaired) electrons. The minimum atomic E-state index is 0.0922. The number of rotatable bonds is 10.